The number of anilines is 1. The predicted molar refractivity (Wildman–Crippen MR) is 110 cm³/mol. The standard InChI is InChI=1S/C22H16ClN3O/c23-22-19(26-15-7-6-12-20(26)25-22)13-14-21(27)24-18-11-5-4-10-17(18)16-8-2-1-3-9-16/h1-15H,(H,24,27)/b14-13+. The molecule has 4 nitrogen and oxygen atoms in total. The van der Waals surface area contributed by atoms with Crippen LogP contribution < -0.4 is 5.32 Å². The van der Waals surface area contributed by atoms with Crippen molar-refractivity contribution in [2.75, 3.05) is 5.32 Å². The van der Waals surface area contributed by atoms with Crippen LogP contribution in [0.2, 0.25) is 5.15 Å². The van der Waals surface area contributed by atoms with Crippen LogP contribution in [0.25, 0.3) is 22.9 Å². The maximum atomic E-state index is 12.5. The van der Waals surface area contributed by atoms with Crippen molar-refractivity contribution in [3.63, 3.8) is 0 Å². The molecule has 1 N–H and O–H groups in total. The van der Waals surface area contributed by atoms with Crippen LogP contribution in [-0.4, -0.2) is 15.3 Å². The molecule has 2 aromatic carbocycles. The lowest BCUT2D eigenvalue weighted by molar-refractivity contribution is -0.111. The van der Waals surface area contributed by atoms with E-state index in [9.17, 15) is 4.79 Å². The quantitative estimate of drug-likeness (QED) is 0.493. The van der Waals surface area contributed by atoms with Gasteiger partial charge in [0.05, 0.1) is 5.69 Å². The molecular formula is C22H16ClN3O. The van der Waals surface area contributed by atoms with Gasteiger partial charge in [-0.15, -0.1) is 0 Å². The van der Waals surface area contributed by atoms with Crippen LogP contribution in [-0.2, 0) is 4.79 Å². The lowest BCUT2D eigenvalue weighted by Crippen LogP contribution is -2.08. The molecule has 4 aromatic rings. The van der Waals surface area contributed by atoms with Crippen molar-refractivity contribution >= 4 is 34.9 Å². The van der Waals surface area contributed by atoms with E-state index in [1.807, 2.05) is 83.4 Å². The Balaban J connectivity index is 1.59. The molecular weight excluding hydrogens is 358 g/mol. The minimum atomic E-state index is -0.236. The van der Waals surface area contributed by atoms with Gasteiger partial charge in [-0.05, 0) is 29.8 Å². The zero-order valence-corrected chi connectivity index (χ0v) is 15.1. The zero-order chi connectivity index (χ0) is 18.6. The average Bonchev–Trinajstić information content (AvgIpc) is 3.02. The third kappa shape index (κ3) is 3.61. The van der Waals surface area contributed by atoms with E-state index in [1.54, 1.807) is 6.08 Å². The maximum Gasteiger partial charge on any atom is 0.248 e. The molecule has 0 aliphatic carbocycles. The molecule has 1 amide bonds. The summed E-state index contributed by atoms with van der Waals surface area (Å²) in [6, 6.07) is 23.3. The number of carbonyl (C=O) groups excluding carboxylic acids is 1. The van der Waals surface area contributed by atoms with Gasteiger partial charge in [0.25, 0.3) is 0 Å². The van der Waals surface area contributed by atoms with Gasteiger partial charge >= 0.3 is 0 Å². The first-order valence-electron chi connectivity index (χ1n) is 8.48. The number of hydrogen-bond donors (Lipinski definition) is 1. The molecule has 4 rings (SSSR count). The van der Waals surface area contributed by atoms with E-state index in [-0.39, 0.29) is 5.91 Å². The van der Waals surface area contributed by atoms with Crippen molar-refractivity contribution in [2.45, 2.75) is 0 Å². The highest BCUT2D eigenvalue weighted by molar-refractivity contribution is 6.31. The largest absolute Gasteiger partial charge is 0.322 e. The first-order chi connectivity index (χ1) is 13.2. The second-order valence-electron chi connectivity index (χ2n) is 5.95. The Bertz CT molecular complexity index is 1130. The smallest absolute Gasteiger partial charge is 0.248 e. The van der Waals surface area contributed by atoms with E-state index in [1.165, 1.54) is 6.08 Å². The Morgan fingerprint density at radius 1 is 0.963 bits per heavy atom. The number of aromatic nitrogens is 2. The molecule has 0 saturated carbocycles. The van der Waals surface area contributed by atoms with E-state index in [4.69, 9.17) is 11.6 Å². The number of nitrogens with zero attached hydrogens (tertiary/aromatic N) is 2. The van der Waals surface area contributed by atoms with Crippen LogP contribution in [0.1, 0.15) is 5.69 Å². The summed E-state index contributed by atoms with van der Waals surface area (Å²) in [4.78, 5) is 16.7. The summed E-state index contributed by atoms with van der Waals surface area (Å²) in [5, 5.41) is 3.30. The van der Waals surface area contributed by atoms with Crippen LogP contribution in [0.3, 0.4) is 0 Å². The van der Waals surface area contributed by atoms with Crippen molar-refractivity contribution in [3.05, 3.63) is 95.9 Å². The monoisotopic (exact) mass is 373 g/mol. The molecule has 0 spiro atoms. The number of pyridine rings is 1. The van der Waals surface area contributed by atoms with Gasteiger partial charge in [-0.25, -0.2) is 4.98 Å². The lowest BCUT2D eigenvalue weighted by Gasteiger charge is -2.10. The number of amides is 1. The molecule has 0 unspecified atom stereocenters. The first kappa shape index (κ1) is 17.1. The molecule has 0 aliphatic rings. The minimum absolute atomic E-state index is 0.236. The van der Waals surface area contributed by atoms with Gasteiger partial charge < -0.3 is 5.32 Å². The van der Waals surface area contributed by atoms with E-state index >= 15 is 0 Å². The number of hydrogen-bond acceptors (Lipinski definition) is 2. The van der Waals surface area contributed by atoms with Gasteiger partial charge in [0.1, 0.15) is 5.65 Å². The number of fused-ring (bicyclic) bond motifs is 1. The highest BCUT2D eigenvalue weighted by Crippen LogP contribution is 2.27. The number of carbonyl (C=O) groups is 1. The van der Waals surface area contributed by atoms with Crippen LogP contribution in [0.5, 0.6) is 0 Å². The van der Waals surface area contributed by atoms with Crippen LogP contribution in [0, 0.1) is 0 Å². The second kappa shape index (κ2) is 7.48. The zero-order valence-electron chi connectivity index (χ0n) is 14.3. The first-order valence-corrected chi connectivity index (χ1v) is 8.86. The number of para-hydroxylation sites is 1. The van der Waals surface area contributed by atoms with Gasteiger partial charge in [-0.1, -0.05) is 66.2 Å². The fraction of sp³-hybridized carbons (Fsp3) is 0. The molecule has 132 valence electrons. The van der Waals surface area contributed by atoms with E-state index in [2.05, 4.69) is 10.3 Å². The summed E-state index contributed by atoms with van der Waals surface area (Å²) < 4.78 is 1.84. The summed E-state index contributed by atoms with van der Waals surface area (Å²) in [7, 11) is 0. The molecule has 0 atom stereocenters. The Labute approximate surface area is 161 Å². The Hall–Kier alpha value is -3.37. The van der Waals surface area contributed by atoms with Gasteiger partial charge in [0, 0.05) is 23.5 Å². The molecule has 2 heterocycles. The Morgan fingerprint density at radius 3 is 2.56 bits per heavy atom. The van der Waals surface area contributed by atoms with Gasteiger partial charge in [0.15, 0.2) is 5.15 Å². The van der Waals surface area contributed by atoms with Crippen molar-refractivity contribution in [3.8, 4) is 11.1 Å². The Kier molecular flexibility index (Phi) is 4.73. The van der Waals surface area contributed by atoms with Gasteiger partial charge in [-0.2, -0.15) is 0 Å². The molecule has 27 heavy (non-hydrogen) atoms. The third-order valence-electron chi connectivity index (χ3n) is 4.18. The molecule has 0 radical (unpaired) electrons. The van der Waals surface area contributed by atoms with Gasteiger partial charge in [0.2, 0.25) is 5.91 Å². The summed E-state index contributed by atoms with van der Waals surface area (Å²) in [6.07, 6.45) is 4.99. The molecule has 0 fully saturated rings. The molecule has 2 aromatic heterocycles. The molecule has 0 bridgehead atoms. The van der Waals surface area contributed by atoms with E-state index in [0.717, 1.165) is 22.5 Å². The normalized spacial score (nSPS) is 11.1. The second-order valence-corrected chi connectivity index (χ2v) is 6.31. The topological polar surface area (TPSA) is 46.4 Å². The number of nitrogens with one attached hydrogen (secondary N) is 1. The van der Waals surface area contributed by atoms with Gasteiger partial charge in [-0.3, -0.25) is 9.20 Å². The highest BCUT2D eigenvalue weighted by Gasteiger charge is 2.09. The lowest BCUT2D eigenvalue weighted by atomic mass is 10.0. The number of benzene rings is 2. The van der Waals surface area contributed by atoms with Crippen molar-refractivity contribution in [2.24, 2.45) is 0 Å². The fourth-order valence-electron chi connectivity index (χ4n) is 2.93. The summed E-state index contributed by atoms with van der Waals surface area (Å²) in [6.45, 7) is 0. The van der Waals surface area contributed by atoms with E-state index in [0.29, 0.717) is 10.8 Å². The maximum absolute atomic E-state index is 12.5. The molecule has 0 aliphatic heterocycles. The number of imidazole rings is 1. The van der Waals surface area contributed by atoms with Crippen LogP contribution in [0.4, 0.5) is 5.69 Å². The van der Waals surface area contributed by atoms with Crippen LogP contribution in [0.15, 0.2) is 85.1 Å². The Morgan fingerprint density at radius 2 is 1.70 bits per heavy atom. The van der Waals surface area contributed by atoms with Crippen molar-refractivity contribution in [1.82, 2.24) is 9.38 Å². The number of rotatable bonds is 4. The molecule has 5 heteroatoms. The van der Waals surface area contributed by atoms with Crippen molar-refractivity contribution < 1.29 is 4.79 Å². The SMILES string of the molecule is O=C(/C=C/c1c(Cl)nc2ccccn12)Nc1ccccc1-c1ccccc1. The summed E-state index contributed by atoms with van der Waals surface area (Å²) in [5.41, 5.74) is 4.16. The fourth-order valence-corrected chi connectivity index (χ4v) is 3.17. The number of halogens is 1. The summed E-state index contributed by atoms with van der Waals surface area (Å²) in [5.74, 6) is -0.236. The highest BCUT2D eigenvalue weighted by atomic mass is 35.5. The van der Waals surface area contributed by atoms with Crippen LogP contribution >= 0.6 is 11.6 Å². The van der Waals surface area contributed by atoms with Crippen molar-refractivity contribution in [1.29, 1.82) is 0 Å². The predicted octanol–water partition coefficient (Wildman–Crippen LogP) is 5.31. The third-order valence-corrected chi connectivity index (χ3v) is 4.46. The summed E-state index contributed by atoms with van der Waals surface area (Å²) >= 11 is 6.20. The average molecular weight is 374 g/mol. The minimum Gasteiger partial charge on any atom is -0.322 e. The van der Waals surface area contributed by atoms with E-state index < -0.39 is 0 Å². The molecule has 0 saturated heterocycles.